The second kappa shape index (κ2) is 13.6. The minimum Gasteiger partial charge on any atom is -0.496 e. The number of ether oxygens (including phenoxy) is 4. The molecule has 0 bridgehead atoms. The summed E-state index contributed by atoms with van der Waals surface area (Å²) < 4.78 is 21.8. The highest BCUT2D eigenvalue weighted by Crippen LogP contribution is 2.43. The van der Waals surface area contributed by atoms with Crippen LogP contribution in [-0.2, 0) is 6.42 Å². The predicted octanol–water partition coefficient (Wildman–Crippen LogP) is 8.47. The number of rotatable bonds is 7. The third kappa shape index (κ3) is 6.25. The number of fused-ring (bicyclic) bond motifs is 3. The summed E-state index contributed by atoms with van der Waals surface area (Å²) in [5.74, 6) is 2.63. The van der Waals surface area contributed by atoms with E-state index < -0.39 is 0 Å². The standard InChI is InChI=1S/C19H20O4.C19H20O2/c1-6-16(20)14-8-7-12(2)9-15(14)13-10-17(21-3)19(23-5)18(11-13)22-4;1-11-5-6-14-16(9-11)17-10-12(2)13(3)19(21-4)15(17)7-8-18(14)20/h6-11H,1H2,2-5H3;5-6,9-10H,7-8H2,1-4H3. The molecule has 0 atom stereocenters. The number of carbonyl (C=O) groups excluding carboxylic acids is 2. The Morgan fingerprint density at radius 2 is 1.27 bits per heavy atom. The SMILES string of the molecule is C=CC(=O)c1ccc(C)cc1-c1cc(OC)c(OC)c(OC)c1.COc1c(C)c(C)cc2c1CCC(=O)c1ccc(C)cc1-2. The maximum atomic E-state index is 12.4. The van der Waals surface area contributed by atoms with E-state index in [9.17, 15) is 9.59 Å². The van der Waals surface area contributed by atoms with Crippen LogP contribution in [0.1, 0.15) is 55.0 Å². The molecule has 1 aliphatic carbocycles. The Hall–Kier alpha value is -4.84. The molecule has 0 saturated heterocycles. The van der Waals surface area contributed by atoms with Crippen LogP contribution >= 0.6 is 0 Å². The summed E-state index contributed by atoms with van der Waals surface area (Å²) >= 11 is 0. The van der Waals surface area contributed by atoms with E-state index in [4.69, 9.17) is 18.9 Å². The molecule has 0 fully saturated rings. The van der Waals surface area contributed by atoms with Crippen molar-refractivity contribution in [2.75, 3.05) is 28.4 Å². The van der Waals surface area contributed by atoms with Crippen LogP contribution in [0.15, 0.2) is 67.3 Å². The second-order valence-electron chi connectivity index (χ2n) is 10.9. The molecule has 0 heterocycles. The molecule has 5 rings (SSSR count). The molecule has 228 valence electrons. The normalized spacial score (nSPS) is 11.7. The van der Waals surface area contributed by atoms with Gasteiger partial charge in [0.05, 0.1) is 28.4 Å². The van der Waals surface area contributed by atoms with Gasteiger partial charge in [0.15, 0.2) is 23.1 Å². The zero-order valence-electron chi connectivity index (χ0n) is 26.8. The summed E-state index contributed by atoms with van der Waals surface area (Å²) in [4.78, 5) is 24.6. The molecule has 44 heavy (non-hydrogen) atoms. The van der Waals surface area contributed by atoms with Gasteiger partial charge >= 0.3 is 0 Å². The highest BCUT2D eigenvalue weighted by atomic mass is 16.5. The third-order valence-electron chi connectivity index (χ3n) is 8.07. The Balaban J connectivity index is 0.000000201. The monoisotopic (exact) mass is 592 g/mol. The van der Waals surface area contributed by atoms with Gasteiger partial charge in [0.1, 0.15) is 5.75 Å². The molecule has 6 heteroatoms. The van der Waals surface area contributed by atoms with Crippen LogP contribution in [0.5, 0.6) is 23.0 Å². The second-order valence-corrected chi connectivity index (χ2v) is 10.9. The molecule has 0 N–H and O–H groups in total. The molecule has 0 aliphatic heterocycles. The lowest BCUT2D eigenvalue weighted by molar-refractivity contribution is 0.0983. The molecule has 0 spiro atoms. The van der Waals surface area contributed by atoms with Crippen molar-refractivity contribution in [2.45, 2.75) is 40.5 Å². The van der Waals surface area contributed by atoms with E-state index in [1.54, 1.807) is 34.5 Å². The fraction of sp³-hybridized carbons (Fsp3) is 0.263. The van der Waals surface area contributed by atoms with Crippen molar-refractivity contribution in [2.24, 2.45) is 0 Å². The highest BCUT2D eigenvalue weighted by molar-refractivity contribution is 6.09. The number of benzene rings is 4. The molecule has 4 aromatic rings. The smallest absolute Gasteiger partial charge is 0.203 e. The number of hydrogen-bond donors (Lipinski definition) is 0. The van der Waals surface area contributed by atoms with Gasteiger partial charge in [0.2, 0.25) is 5.75 Å². The molecule has 6 nitrogen and oxygen atoms in total. The van der Waals surface area contributed by atoms with Crippen LogP contribution in [0.3, 0.4) is 0 Å². The lowest BCUT2D eigenvalue weighted by Crippen LogP contribution is -2.00. The van der Waals surface area contributed by atoms with Gasteiger partial charge in [-0.3, -0.25) is 9.59 Å². The number of hydrogen-bond acceptors (Lipinski definition) is 6. The molecule has 0 saturated carbocycles. The predicted molar refractivity (Wildman–Crippen MR) is 176 cm³/mol. The molecule has 0 radical (unpaired) electrons. The average molecular weight is 593 g/mol. The number of methoxy groups -OCH3 is 4. The number of allylic oxidation sites excluding steroid dienone is 1. The van der Waals surface area contributed by atoms with Gasteiger partial charge in [0, 0.05) is 23.1 Å². The number of ketones is 2. The molecule has 0 unspecified atom stereocenters. The van der Waals surface area contributed by atoms with Crippen LogP contribution < -0.4 is 18.9 Å². The number of Topliss-reactive ketones (excluding diaryl/α,β-unsaturated/α-hetero) is 1. The minimum atomic E-state index is -0.131. The zero-order valence-corrected chi connectivity index (χ0v) is 26.8. The highest BCUT2D eigenvalue weighted by Gasteiger charge is 2.24. The van der Waals surface area contributed by atoms with Crippen molar-refractivity contribution in [3.05, 3.63) is 106 Å². The minimum absolute atomic E-state index is 0.131. The summed E-state index contributed by atoms with van der Waals surface area (Å²) in [6.45, 7) is 11.8. The average Bonchev–Trinajstić information content (AvgIpc) is 3.16. The van der Waals surface area contributed by atoms with Gasteiger partial charge in [-0.25, -0.2) is 0 Å². The Labute approximate surface area is 260 Å². The van der Waals surface area contributed by atoms with E-state index in [-0.39, 0.29) is 11.6 Å². The maximum absolute atomic E-state index is 12.4. The van der Waals surface area contributed by atoms with E-state index in [2.05, 4.69) is 39.5 Å². The van der Waals surface area contributed by atoms with Crippen molar-refractivity contribution in [1.29, 1.82) is 0 Å². The summed E-state index contributed by atoms with van der Waals surface area (Å²) in [7, 11) is 6.39. The summed E-state index contributed by atoms with van der Waals surface area (Å²) in [5, 5.41) is 0. The zero-order chi connectivity index (χ0) is 32.1. The first-order valence-corrected chi connectivity index (χ1v) is 14.5. The van der Waals surface area contributed by atoms with E-state index in [0.29, 0.717) is 29.2 Å². The Morgan fingerprint density at radius 3 is 1.84 bits per heavy atom. The van der Waals surface area contributed by atoms with E-state index in [0.717, 1.165) is 45.6 Å². The largest absolute Gasteiger partial charge is 0.496 e. The summed E-state index contributed by atoms with van der Waals surface area (Å²) in [6.07, 6.45) is 2.60. The summed E-state index contributed by atoms with van der Waals surface area (Å²) in [6, 6.07) is 17.6. The van der Waals surface area contributed by atoms with Crippen molar-refractivity contribution in [3.8, 4) is 45.3 Å². The molecular weight excluding hydrogens is 552 g/mol. The molecular formula is C38H40O6. The Bertz CT molecular complexity index is 1720. The van der Waals surface area contributed by atoms with Crippen LogP contribution in [0.2, 0.25) is 0 Å². The van der Waals surface area contributed by atoms with Gasteiger partial charge in [0.25, 0.3) is 0 Å². The maximum Gasteiger partial charge on any atom is 0.203 e. The van der Waals surface area contributed by atoms with Gasteiger partial charge in [-0.05, 0) is 85.7 Å². The van der Waals surface area contributed by atoms with Gasteiger partial charge in [-0.1, -0.05) is 60.2 Å². The molecule has 1 aliphatic rings. The lowest BCUT2D eigenvalue weighted by Gasteiger charge is -2.17. The topological polar surface area (TPSA) is 71.1 Å². The quantitative estimate of drug-likeness (QED) is 0.158. The van der Waals surface area contributed by atoms with Crippen molar-refractivity contribution in [1.82, 2.24) is 0 Å². The van der Waals surface area contributed by atoms with Crippen molar-refractivity contribution >= 4 is 11.6 Å². The van der Waals surface area contributed by atoms with Crippen LogP contribution in [-0.4, -0.2) is 40.0 Å². The van der Waals surface area contributed by atoms with Crippen molar-refractivity contribution in [3.63, 3.8) is 0 Å². The van der Waals surface area contributed by atoms with E-state index >= 15 is 0 Å². The van der Waals surface area contributed by atoms with Crippen LogP contribution in [0.25, 0.3) is 22.3 Å². The van der Waals surface area contributed by atoms with E-state index in [1.165, 1.54) is 28.3 Å². The third-order valence-corrected chi connectivity index (χ3v) is 8.07. The first kappa shape index (κ1) is 32.1. The Morgan fingerprint density at radius 1 is 0.682 bits per heavy atom. The lowest BCUT2D eigenvalue weighted by atomic mass is 9.91. The van der Waals surface area contributed by atoms with Gasteiger partial charge in [-0.15, -0.1) is 0 Å². The Kier molecular flexibility index (Phi) is 9.94. The van der Waals surface area contributed by atoms with Gasteiger partial charge < -0.3 is 18.9 Å². The molecule has 0 aromatic heterocycles. The summed E-state index contributed by atoms with van der Waals surface area (Å²) in [5.41, 5.74) is 11.0. The van der Waals surface area contributed by atoms with Crippen LogP contribution in [0.4, 0.5) is 0 Å². The first-order chi connectivity index (χ1) is 21.1. The fourth-order valence-electron chi connectivity index (χ4n) is 5.66. The van der Waals surface area contributed by atoms with E-state index in [1.807, 2.05) is 43.3 Å². The van der Waals surface area contributed by atoms with Crippen molar-refractivity contribution < 1.29 is 28.5 Å². The molecule has 0 amide bonds. The van der Waals surface area contributed by atoms with Gasteiger partial charge in [-0.2, -0.15) is 0 Å². The fourth-order valence-corrected chi connectivity index (χ4v) is 5.66. The first-order valence-electron chi connectivity index (χ1n) is 14.5. The molecule has 4 aromatic carbocycles. The number of carbonyl (C=O) groups is 2. The van der Waals surface area contributed by atoms with Crippen LogP contribution in [0, 0.1) is 27.7 Å². The number of aryl methyl sites for hydroxylation is 3.